The van der Waals surface area contributed by atoms with Gasteiger partial charge in [0.15, 0.2) is 0 Å². The Morgan fingerprint density at radius 1 is 1.31 bits per heavy atom. The molecular weight excluding hydrogens is 202 g/mol. The number of nitrogen functional groups attached to an aromatic ring is 1. The third kappa shape index (κ3) is 1.90. The van der Waals surface area contributed by atoms with Crippen LogP contribution in [0.5, 0.6) is 0 Å². The van der Waals surface area contributed by atoms with Gasteiger partial charge in [-0.3, -0.25) is 0 Å². The number of ether oxygens (including phenoxy) is 1. The first-order valence-corrected chi connectivity index (χ1v) is 5.81. The fourth-order valence-electron chi connectivity index (χ4n) is 2.30. The van der Waals surface area contributed by atoms with Crippen LogP contribution in [0.15, 0.2) is 12.1 Å². The molecule has 0 saturated heterocycles. The molecule has 16 heavy (non-hydrogen) atoms. The Morgan fingerprint density at radius 3 is 2.69 bits per heavy atom. The molecule has 1 aromatic carbocycles. The zero-order chi connectivity index (χ0) is 11.5. The summed E-state index contributed by atoms with van der Waals surface area (Å²) in [5.74, 6) is -0.222. The summed E-state index contributed by atoms with van der Waals surface area (Å²) in [4.78, 5) is 11.8. The molecule has 1 aliphatic rings. The average molecular weight is 219 g/mol. The molecule has 0 radical (unpaired) electrons. The van der Waals surface area contributed by atoms with E-state index >= 15 is 0 Å². The molecule has 0 heterocycles. The molecule has 2 rings (SSSR count). The molecule has 0 spiro atoms. The third-order valence-corrected chi connectivity index (χ3v) is 3.07. The van der Waals surface area contributed by atoms with Crippen LogP contribution in [-0.2, 0) is 17.6 Å². The van der Waals surface area contributed by atoms with Crippen LogP contribution >= 0.6 is 0 Å². The number of carbonyl (C=O) groups is 1. The topological polar surface area (TPSA) is 52.3 Å². The molecule has 0 amide bonds. The van der Waals surface area contributed by atoms with E-state index in [-0.39, 0.29) is 5.97 Å². The number of fused-ring (bicyclic) bond motifs is 1. The van der Waals surface area contributed by atoms with E-state index < -0.39 is 0 Å². The van der Waals surface area contributed by atoms with Crippen molar-refractivity contribution in [1.82, 2.24) is 0 Å². The van der Waals surface area contributed by atoms with Crippen LogP contribution in [0.3, 0.4) is 0 Å². The van der Waals surface area contributed by atoms with Crippen LogP contribution in [0.2, 0.25) is 0 Å². The molecule has 0 atom stereocenters. The van der Waals surface area contributed by atoms with Crippen LogP contribution in [0.25, 0.3) is 0 Å². The second-order valence-electron chi connectivity index (χ2n) is 4.09. The quantitative estimate of drug-likeness (QED) is 0.613. The van der Waals surface area contributed by atoms with Crippen molar-refractivity contribution in [3.8, 4) is 0 Å². The molecule has 0 unspecified atom stereocenters. The lowest BCUT2D eigenvalue weighted by molar-refractivity contribution is 0.0525. The lowest BCUT2D eigenvalue weighted by Crippen LogP contribution is -2.14. The van der Waals surface area contributed by atoms with E-state index in [1.165, 1.54) is 0 Å². The number of nitrogens with two attached hydrogens (primary N) is 1. The van der Waals surface area contributed by atoms with Crippen molar-refractivity contribution in [2.45, 2.75) is 32.6 Å². The molecule has 0 bridgehead atoms. The maximum absolute atomic E-state index is 11.8. The third-order valence-electron chi connectivity index (χ3n) is 3.07. The van der Waals surface area contributed by atoms with E-state index in [0.717, 1.165) is 42.5 Å². The van der Waals surface area contributed by atoms with Crippen molar-refractivity contribution in [3.05, 3.63) is 28.8 Å². The summed E-state index contributed by atoms with van der Waals surface area (Å²) in [6, 6.07) is 3.61. The number of hydrogen-bond acceptors (Lipinski definition) is 3. The molecule has 2 N–H and O–H groups in total. The summed E-state index contributed by atoms with van der Waals surface area (Å²) in [6.45, 7) is 2.24. The van der Waals surface area contributed by atoms with Crippen LogP contribution in [0.4, 0.5) is 5.69 Å². The summed E-state index contributed by atoms with van der Waals surface area (Å²) < 4.78 is 5.05. The largest absolute Gasteiger partial charge is 0.462 e. The highest BCUT2D eigenvalue weighted by Gasteiger charge is 2.20. The van der Waals surface area contributed by atoms with Crippen LogP contribution < -0.4 is 5.73 Å². The standard InChI is InChI=1S/C13H17NO2/c1-2-16-13(15)11-7-8-12(14)10-6-4-3-5-9(10)11/h7-8H,2-6,14H2,1H3. The number of anilines is 1. The summed E-state index contributed by atoms with van der Waals surface area (Å²) in [7, 11) is 0. The van der Waals surface area contributed by atoms with Gasteiger partial charge in [-0.2, -0.15) is 0 Å². The lowest BCUT2D eigenvalue weighted by Gasteiger charge is -2.20. The first-order valence-electron chi connectivity index (χ1n) is 5.81. The minimum Gasteiger partial charge on any atom is -0.462 e. The summed E-state index contributed by atoms with van der Waals surface area (Å²) >= 11 is 0. The van der Waals surface area contributed by atoms with Crippen LogP contribution in [0, 0.1) is 0 Å². The van der Waals surface area contributed by atoms with Gasteiger partial charge < -0.3 is 10.5 Å². The number of hydrogen-bond donors (Lipinski definition) is 1. The van der Waals surface area contributed by atoms with E-state index in [0.29, 0.717) is 12.2 Å². The van der Waals surface area contributed by atoms with Gasteiger partial charge in [0.05, 0.1) is 12.2 Å². The number of benzene rings is 1. The molecule has 0 aliphatic heterocycles. The SMILES string of the molecule is CCOC(=O)c1ccc(N)c2c1CCCC2. The van der Waals surface area contributed by atoms with Gasteiger partial charge in [0.1, 0.15) is 0 Å². The van der Waals surface area contributed by atoms with E-state index in [1.807, 2.05) is 13.0 Å². The Labute approximate surface area is 95.6 Å². The molecule has 3 nitrogen and oxygen atoms in total. The van der Waals surface area contributed by atoms with Gasteiger partial charge in [0.25, 0.3) is 0 Å². The highest BCUT2D eigenvalue weighted by atomic mass is 16.5. The first-order chi connectivity index (χ1) is 7.74. The minimum atomic E-state index is -0.222. The maximum atomic E-state index is 11.8. The van der Waals surface area contributed by atoms with Crippen molar-refractivity contribution >= 4 is 11.7 Å². The minimum absolute atomic E-state index is 0.222. The molecule has 0 aromatic heterocycles. The summed E-state index contributed by atoms with van der Waals surface area (Å²) in [6.07, 6.45) is 4.20. The normalized spacial score (nSPS) is 14.3. The summed E-state index contributed by atoms with van der Waals surface area (Å²) in [5.41, 5.74) is 9.69. The fraction of sp³-hybridized carbons (Fsp3) is 0.462. The molecular formula is C13H17NO2. The zero-order valence-corrected chi connectivity index (χ0v) is 9.58. The van der Waals surface area contributed by atoms with Gasteiger partial charge in [0, 0.05) is 5.69 Å². The van der Waals surface area contributed by atoms with Crippen molar-refractivity contribution in [1.29, 1.82) is 0 Å². The van der Waals surface area contributed by atoms with E-state index in [9.17, 15) is 4.79 Å². The Morgan fingerprint density at radius 2 is 2.00 bits per heavy atom. The molecule has 1 aliphatic carbocycles. The monoisotopic (exact) mass is 219 g/mol. The number of esters is 1. The van der Waals surface area contributed by atoms with Gasteiger partial charge in [-0.1, -0.05) is 0 Å². The number of rotatable bonds is 2. The Balaban J connectivity index is 2.42. The zero-order valence-electron chi connectivity index (χ0n) is 9.58. The van der Waals surface area contributed by atoms with Gasteiger partial charge in [-0.25, -0.2) is 4.79 Å². The lowest BCUT2D eigenvalue weighted by atomic mass is 9.87. The van der Waals surface area contributed by atoms with Gasteiger partial charge in [-0.15, -0.1) is 0 Å². The predicted molar refractivity (Wildman–Crippen MR) is 63.5 cm³/mol. The maximum Gasteiger partial charge on any atom is 0.338 e. The van der Waals surface area contributed by atoms with Gasteiger partial charge in [-0.05, 0) is 55.9 Å². The van der Waals surface area contributed by atoms with E-state index in [4.69, 9.17) is 10.5 Å². The summed E-state index contributed by atoms with van der Waals surface area (Å²) in [5, 5.41) is 0. The molecule has 0 fully saturated rings. The first kappa shape index (κ1) is 11.0. The Kier molecular flexibility index (Phi) is 3.13. The fourth-order valence-corrected chi connectivity index (χ4v) is 2.30. The second kappa shape index (κ2) is 4.56. The van der Waals surface area contributed by atoms with Crippen LogP contribution in [0.1, 0.15) is 41.3 Å². The molecule has 3 heteroatoms. The highest BCUT2D eigenvalue weighted by molar-refractivity contribution is 5.92. The van der Waals surface area contributed by atoms with Crippen molar-refractivity contribution in [2.24, 2.45) is 0 Å². The van der Waals surface area contributed by atoms with Crippen molar-refractivity contribution < 1.29 is 9.53 Å². The highest BCUT2D eigenvalue weighted by Crippen LogP contribution is 2.29. The second-order valence-corrected chi connectivity index (χ2v) is 4.09. The van der Waals surface area contributed by atoms with E-state index in [1.54, 1.807) is 6.07 Å². The van der Waals surface area contributed by atoms with Gasteiger partial charge >= 0.3 is 5.97 Å². The van der Waals surface area contributed by atoms with Gasteiger partial charge in [0.2, 0.25) is 0 Å². The molecule has 86 valence electrons. The Hall–Kier alpha value is -1.51. The number of carbonyl (C=O) groups excluding carboxylic acids is 1. The van der Waals surface area contributed by atoms with Crippen molar-refractivity contribution in [2.75, 3.05) is 12.3 Å². The smallest absolute Gasteiger partial charge is 0.338 e. The molecule has 1 aromatic rings. The predicted octanol–water partition coefficient (Wildman–Crippen LogP) is 2.32. The van der Waals surface area contributed by atoms with E-state index in [2.05, 4.69) is 0 Å². The van der Waals surface area contributed by atoms with Crippen LogP contribution in [-0.4, -0.2) is 12.6 Å². The van der Waals surface area contributed by atoms with Crippen molar-refractivity contribution in [3.63, 3.8) is 0 Å². The average Bonchev–Trinajstić information content (AvgIpc) is 2.30. The molecule has 0 saturated carbocycles. The Bertz CT molecular complexity index is 413.